The summed E-state index contributed by atoms with van der Waals surface area (Å²) in [6, 6.07) is 10.6. The number of carbonyl (C=O) groups excluding carboxylic acids is 1. The van der Waals surface area contributed by atoms with Crippen LogP contribution in [0.2, 0.25) is 0 Å². The lowest BCUT2D eigenvalue weighted by atomic mass is 10.1. The molecule has 0 N–H and O–H groups in total. The molecule has 1 aliphatic rings. The summed E-state index contributed by atoms with van der Waals surface area (Å²) in [7, 11) is 0. The first kappa shape index (κ1) is 22.6. The molecule has 0 saturated carbocycles. The third-order valence-electron chi connectivity index (χ3n) is 5.81. The van der Waals surface area contributed by atoms with Crippen LogP contribution in [-0.2, 0) is 6.42 Å². The number of anilines is 1. The van der Waals surface area contributed by atoms with Crippen molar-refractivity contribution in [1.82, 2.24) is 14.7 Å². The highest BCUT2D eigenvalue weighted by molar-refractivity contribution is 5.91. The molecule has 9 nitrogen and oxygen atoms in total. The predicted molar refractivity (Wildman–Crippen MR) is 125 cm³/mol. The second kappa shape index (κ2) is 9.09. The Morgan fingerprint density at radius 2 is 1.85 bits per heavy atom. The number of nitrogens with zero attached hydrogens (tertiary/aromatic N) is 5. The van der Waals surface area contributed by atoms with Crippen LogP contribution in [0.3, 0.4) is 0 Å². The van der Waals surface area contributed by atoms with E-state index in [1.54, 1.807) is 27.8 Å². The zero-order valence-electron chi connectivity index (χ0n) is 19.4. The van der Waals surface area contributed by atoms with Gasteiger partial charge in [-0.3, -0.25) is 14.9 Å². The molecular weight excluding hydrogens is 422 g/mol. The molecule has 2 aromatic heterocycles. The van der Waals surface area contributed by atoms with Crippen LogP contribution < -0.4 is 4.90 Å². The van der Waals surface area contributed by atoms with Crippen molar-refractivity contribution in [1.29, 1.82) is 0 Å². The third kappa shape index (κ3) is 4.76. The number of hydrogen-bond acceptors (Lipinski definition) is 6. The zero-order valence-corrected chi connectivity index (χ0v) is 19.4. The van der Waals surface area contributed by atoms with E-state index >= 15 is 0 Å². The minimum Gasteiger partial charge on any atom is -0.456 e. The Morgan fingerprint density at radius 3 is 2.45 bits per heavy atom. The van der Waals surface area contributed by atoms with Crippen LogP contribution in [0.1, 0.15) is 41.6 Å². The van der Waals surface area contributed by atoms with Gasteiger partial charge in [0, 0.05) is 50.0 Å². The van der Waals surface area contributed by atoms with Crippen molar-refractivity contribution in [3.8, 4) is 5.69 Å². The summed E-state index contributed by atoms with van der Waals surface area (Å²) in [6.45, 7) is 10.3. The fourth-order valence-corrected chi connectivity index (χ4v) is 4.23. The number of piperazine rings is 1. The predicted octanol–water partition coefficient (Wildman–Crippen LogP) is 4.15. The summed E-state index contributed by atoms with van der Waals surface area (Å²) in [5.41, 5.74) is 2.95. The summed E-state index contributed by atoms with van der Waals surface area (Å²) in [4.78, 5) is 28.0. The van der Waals surface area contributed by atoms with E-state index in [-0.39, 0.29) is 16.5 Å². The molecule has 0 atom stereocenters. The van der Waals surface area contributed by atoms with Gasteiger partial charge < -0.3 is 14.2 Å². The van der Waals surface area contributed by atoms with Crippen LogP contribution >= 0.6 is 0 Å². The number of nitro groups is 1. The first-order chi connectivity index (χ1) is 15.7. The third-order valence-corrected chi connectivity index (χ3v) is 5.81. The second-order valence-electron chi connectivity index (χ2n) is 8.91. The fraction of sp³-hybridized carbons (Fsp3) is 0.417. The minimum atomic E-state index is -0.386. The molecule has 0 spiro atoms. The van der Waals surface area contributed by atoms with Gasteiger partial charge in [-0.2, -0.15) is 5.10 Å². The highest BCUT2D eigenvalue weighted by atomic mass is 16.6. The van der Waals surface area contributed by atoms with E-state index in [0.717, 1.165) is 29.3 Å². The Morgan fingerprint density at radius 1 is 1.12 bits per heavy atom. The standard InChI is InChI=1S/C24H29N5O4/c1-16(2)13-20-6-8-23(33-20)24(30)27-11-9-26(10-12-27)19-5-7-21(29(31)32)22(15-19)28-18(4)14-17(3)25-28/h5-8,14-16H,9-13H2,1-4H3. The van der Waals surface area contributed by atoms with Crippen LogP contribution in [0.15, 0.2) is 40.8 Å². The number of benzene rings is 1. The van der Waals surface area contributed by atoms with E-state index in [1.807, 2.05) is 26.0 Å². The van der Waals surface area contributed by atoms with Crippen LogP contribution in [0.5, 0.6) is 0 Å². The fourth-order valence-electron chi connectivity index (χ4n) is 4.23. The molecule has 0 unspecified atom stereocenters. The summed E-state index contributed by atoms with van der Waals surface area (Å²) in [6.07, 6.45) is 0.804. The Bertz CT molecular complexity index is 1170. The largest absolute Gasteiger partial charge is 0.456 e. The highest BCUT2D eigenvalue weighted by Crippen LogP contribution is 2.30. The molecule has 174 valence electrons. The van der Waals surface area contributed by atoms with Crippen molar-refractivity contribution in [3.63, 3.8) is 0 Å². The number of aryl methyl sites for hydroxylation is 2. The van der Waals surface area contributed by atoms with Gasteiger partial charge in [0.1, 0.15) is 11.4 Å². The monoisotopic (exact) mass is 451 g/mol. The average molecular weight is 452 g/mol. The highest BCUT2D eigenvalue weighted by Gasteiger charge is 2.26. The van der Waals surface area contributed by atoms with Crippen LogP contribution in [0.25, 0.3) is 5.69 Å². The lowest BCUT2D eigenvalue weighted by Crippen LogP contribution is -2.48. The van der Waals surface area contributed by atoms with Gasteiger partial charge in [-0.25, -0.2) is 4.68 Å². The van der Waals surface area contributed by atoms with Crippen molar-refractivity contribution in [2.75, 3.05) is 31.1 Å². The van der Waals surface area contributed by atoms with E-state index in [0.29, 0.717) is 43.5 Å². The molecule has 1 amide bonds. The van der Waals surface area contributed by atoms with E-state index in [9.17, 15) is 14.9 Å². The number of carbonyl (C=O) groups is 1. The molecule has 9 heteroatoms. The number of nitro benzene ring substituents is 1. The maximum Gasteiger partial charge on any atom is 0.295 e. The molecule has 0 bridgehead atoms. The maximum atomic E-state index is 12.9. The SMILES string of the molecule is Cc1cc(C)n(-c2cc(N3CCN(C(=O)c4ccc(CC(C)C)o4)CC3)ccc2[N+](=O)[O-])n1. The van der Waals surface area contributed by atoms with E-state index < -0.39 is 0 Å². The number of furan rings is 1. The summed E-state index contributed by atoms with van der Waals surface area (Å²) in [5, 5.41) is 16.0. The maximum absolute atomic E-state index is 12.9. The van der Waals surface area contributed by atoms with Crippen molar-refractivity contribution < 1.29 is 14.1 Å². The Kier molecular flexibility index (Phi) is 6.22. The molecule has 0 radical (unpaired) electrons. The van der Waals surface area contributed by atoms with Crippen LogP contribution in [0, 0.1) is 29.9 Å². The summed E-state index contributed by atoms with van der Waals surface area (Å²) >= 11 is 0. The van der Waals surface area contributed by atoms with E-state index in [1.165, 1.54) is 6.07 Å². The summed E-state index contributed by atoms with van der Waals surface area (Å²) in [5.74, 6) is 1.57. The molecule has 0 aliphatic carbocycles. The normalized spacial score (nSPS) is 14.2. The Hall–Kier alpha value is -3.62. The lowest BCUT2D eigenvalue weighted by Gasteiger charge is -2.35. The van der Waals surface area contributed by atoms with Gasteiger partial charge in [0.15, 0.2) is 5.76 Å². The lowest BCUT2D eigenvalue weighted by molar-refractivity contribution is -0.384. The van der Waals surface area contributed by atoms with Gasteiger partial charge in [-0.15, -0.1) is 0 Å². The van der Waals surface area contributed by atoms with E-state index in [2.05, 4.69) is 23.8 Å². The molecule has 33 heavy (non-hydrogen) atoms. The number of amides is 1. The van der Waals surface area contributed by atoms with Gasteiger partial charge >= 0.3 is 0 Å². The van der Waals surface area contributed by atoms with Crippen molar-refractivity contribution in [2.45, 2.75) is 34.1 Å². The second-order valence-corrected chi connectivity index (χ2v) is 8.91. The minimum absolute atomic E-state index is 0.00813. The van der Waals surface area contributed by atoms with Gasteiger partial charge in [0.25, 0.3) is 11.6 Å². The number of aromatic nitrogens is 2. The molecule has 3 aromatic rings. The molecule has 1 saturated heterocycles. The smallest absolute Gasteiger partial charge is 0.295 e. The molecule has 3 heterocycles. The number of rotatable bonds is 6. The molecule has 1 fully saturated rings. The van der Waals surface area contributed by atoms with Crippen molar-refractivity contribution >= 4 is 17.3 Å². The first-order valence-corrected chi connectivity index (χ1v) is 11.2. The molecule has 1 aliphatic heterocycles. The molecular formula is C24H29N5O4. The van der Waals surface area contributed by atoms with Crippen LogP contribution in [0.4, 0.5) is 11.4 Å². The van der Waals surface area contributed by atoms with Gasteiger partial charge in [-0.1, -0.05) is 13.8 Å². The van der Waals surface area contributed by atoms with Crippen molar-refractivity contribution in [2.24, 2.45) is 5.92 Å². The Labute approximate surface area is 192 Å². The summed E-state index contributed by atoms with van der Waals surface area (Å²) < 4.78 is 7.37. The zero-order chi connectivity index (χ0) is 23.7. The molecule has 1 aromatic carbocycles. The topological polar surface area (TPSA) is 97.7 Å². The van der Waals surface area contributed by atoms with E-state index in [4.69, 9.17) is 4.42 Å². The quantitative estimate of drug-likeness (QED) is 0.412. The van der Waals surface area contributed by atoms with Gasteiger partial charge in [0.2, 0.25) is 0 Å². The Balaban J connectivity index is 1.49. The van der Waals surface area contributed by atoms with Gasteiger partial charge in [-0.05, 0) is 50.1 Å². The number of hydrogen-bond donors (Lipinski definition) is 0. The average Bonchev–Trinajstić information content (AvgIpc) is 3.37. The van der Waals surface area contributed by atoms with Crippen molar-refractivity contribution in [3.05, 3.63) is 69.4 Å². The van der Waals surface area contributed by atoms with Crippen LogP contribution in [-0.4, -0.2) is 51.7 Å². The molecule has 4 rings (SSSR count). The first-order valence-electron chi connectivity index (χ1n) is 11.2. The van der Waals surface area contributed by atoms with Gasteiger partial charge in [0.05, 0.1) is 10.6 Å².